The quantitative estimate of drug-likeness (QED) is 0.591. The largest absolute Gasteiger partial charge is 0.204 e. The van der Waals surface area contributed by atoms with E-state index < -0.39 is 11.6 Å². The molecule has 21 heavy (non-hydrogen) atoms. The molecule has 1 aromatic heterocycles. The molecule has 0 aliphatic carbocycles. The number of halogens is 2. The van der Waals surface area contributed by atoms with Crippen LogP contribution in [0.2, 0.25) is 0 Å². The van der Waals surface area contributed by atoms with Crippen molar-refractivity contribution in [2.75, 3.05) is 0 Å². The Morgan fingerprint density at radius 1 is 0.857 bits per heavy atom. The van der Waals surface area contributed by atoms with Crippen molar-refractivity contribution in [1.82, 2.24) is 0 Å². The average Bonchev–Trinajstić information content (AvgIpc) is 2.93. The fourth-order valence-electron chi connectivity index (χ4n) is 2.18. The molecule has 0 fully saturated rings. The van der Waals surface area contributed by atoms with Crippen molar-refractivity contribution in [3.63, 3.8) is 0 Å². The summed E-state index contributed by atoms with van der Waals surface area (Å²) in [7, 11) is 0. The Balaban J connectivity index is 1.82. The summed E-state index contributed by atoms with van der Waals surface area (Å²) < 4.78 is 26.3. The second-order valence-electron chi connectivity index (χ2n) is 5.06. The topological polar surface area (TPSA) is 0 Å². The molecular formula is C18H14F2S. The van der Waals surface area contributed by atoms with Crippen LogP contribution < -0.4 is 0 Å². The third-order valence-corrected chi connectivity index (χ3v) is 4.50. The lowest BCUT2D eigenvalue weighted by Gasteiger charge is -2.00. The summed E-state index contributed by atoms with van der Waals surface area (Å²) in [5.41, 5.74) is 3.21. The van der Waals surface area contributed by atoms with Gasteiger partial charge < -0.3 is 0 Å². The molecule has 3 aromatic rings. The Morgan fingerprint density at radius 2 is 1.62 bits per heavy atom. The van der Waals surface area contributed by atoms with Gasteiger partial charge in [0.1, 0.15) is 0 Å². The van der Waals surface area contributed by atoms with Crippen LogP contribution in [0.4, 0.5) is 8.78 Å². The van der Waals surface area contributed by atoms with Gasteiger partial charge in [0.2, 0.25) is 0 Å². The Morgan fingerprint density at radius 3 is 2.33 bits per heavy atom. The number of aryl methyl sites for hydroxylation is 1. The highest BCUT2D eigenvalue weighted by Crippen LogP contribution is 2.30. The van der Waals surface area contributed by atoms with Gasteiger partial charge in [0.05, 0.1) is 0 Å². The van der Waals surface area contributed by atoms with Crippen LogP contribution in [-0.4, -0.2) is 0 Å². The lowest BCUT2D eigenvalue weighted by molar-refractivity contribution is 0.509. The van der Waals surface area contributed by atoms with Crippen molar-refractivity contribution in [3.8, 4) is 10.4 Å². The standard InChI is InChI=1S/C18H14F2S/c1-12-2-4-13(5-3-12)10-15-7-9-18(21-15)14-6-8-16(19)17(20)11-14/h2-9,11H,10H2,1H3. The molecule has 0 atom stereocenters. The van der Waals surface area contributed by atoms with Gasteiger partial charge in [-0.25, -0.2) is 8.78 Å². The summed E-state index contributed by atoms with van der Waals surface area (Å²) in [6, 6.07) is 16.5. The van der Waals surface area contributed by atoms with Gasteiger partial charge in [-0.1, -0.05) is 35.9 Å². The predicted molar refractivity (Wildman–Crippen MR) is 83.7 cm³/mol. The maximum absolute atomic E-state index is 13.3. The summed E-state index contributed by atoms with van der Waals surface area (Å²) in [4.78, 5) is 2.16. The van der Waals surface area contributed by atoms with Crippen LogP contribution >= 0.6 is 11.3 Å². The molecule has 0 nitrogen and oxygen atoms in total. The van der Waals surface area contributed by atoms with E-state index in [2.05, 4.69) is 31.2 Å². The van der Waals surface area contributed by atoms with E-state index in [0.717, 1.165) is 11.3 Å². The summed E-state index contributed by atoms with van der Waals surface area (Å²) >= 11 is 1.61. The van der Waals surface area contributed by atoms with Crippen LogP contribution in [-0.2, 0) is 6.42 Å². The summed E-state index contributed by atoms with van der Waals surface area (Å²) in [5.74, 6) is -1.61. The van der Waals surface area contributed by atoms with E-state index in [1.54, 1.807) is 17.4 Å². The van der Waals surface area contributed by atoms with Crippen molar-refractivity contribution >= 4 is 11.3 Å². The molecule has 1 heterocycles. The van der Waals surface area contributed by atoms with Gasteiger partial charge in [-0.15, -0.1) is 11.3 Å². The van der Waals surface area contributed by atoms with Crippen LogP contribution in [0, 0.1) is 18.6 Å². The van der Waals surface area contributed by atoms with Crippen LogP contribution in [0.15, 0.2) is 54.6 Å². The van der Waals surface area contributed by atoms with Gasteiger partial charge in [0.15, 0.2) is 11.6 Å². The average molecular weight is 300 g/mol. The lowest BCUT2D eigenvalue weighted by atomic mass is 10.1. The SMILES string of the molecule is Cc1ccc(Cc2ccc(-c3ccc(F)c(F)c3)s2)cc1. The molecule has 0 bridgehead atoms. The Labute approximate surface area is 126 Å². The third-order valence-electron chi connectivity index (χ3n) is 3.36. The van der Waals surface area contributed by atoms with Crippen molar-refractivity contribution in [3.05, 3.63) is 82.2 Å². The van der Waals surface area contributed by atoms with Gasteiger partial charge in [-0.2, -0.15) is 0 Å². The van der Waals surface area contributed by atoms with E-state index in [4.69, 9.17) is 0 Å². The molecule has 0 radical (unpaired) electrons. The molecule has 0 saturated heterocycles. The third kappa shape index (κ3) is 3.19. The number of rotatable bonds is 3. The molecule has 0 saturated carbocycles. The highest BCUT2D eigenvalue weighted by Gasteiger charge is 2.07. The first-order valence-electron chi connectivity index (χ1n) is 6.71. The first-order chi connectivity index (χ1) is 10.1. The van der Waals surface area contributed by atoms with Crippen molar-refractivity contribution in [2.24, 2.45) is 0 Å². The van der Waals surface area contributed by atoms with Gasteiger partial charge in [0, 0.05) is 16.2 Å². The highest BCUT2D eigenvalue weighted by molar-refractivity contribution is 7.15. The second kappa shape index (κ2) is 5.78. The molecule has 2 aromatic carbocycles. The van der Waals surface area contributed by atoms with Gasteiger partial charge in [-0.05, 0) is 42.3 Å². The van der Waals surface area contributed by atoms with Crippen LogP contribution in [0.1, 0.15) is 16.0 Å². The Hall–Kier alpha value is -2.00. The van der Waals surface area contributed by atoms with E-state index in [1.807, 2.05) is 12.1 Å². The minimum absolute atomic E-state index is 0.717. The molecule has 0 spiro atoms. The van der Waals surface area contributed by atoms with E-state index >= 15 is 0 Å². The fourth-order valence-corrected chi connectivity index (χ4v) is 3.22. The van der Waals surface area contributed by atoms with Crippen molar-refractivity contribution in [1.29, 1.82) is 0 Å². The Kier molecular flexibility index (Phi) is 3.84. The van der Waals surface area contributed by atoms with Crippen LogP contribution in [0.25, 0.3) is 10.4 Å². The highest BCUT2D eigenvalue weighted by atomic mass is 32.1. The van der Waals surface area contributed by atoms with E-state index in [1.165, 1.54) is 28.1 Å². The van der Waals surface area contributed by atoms with Crippen LogP contribution in [0.3, 0.4) is 0 Å². The number of hydrogen-bond acceptors (Lipinski definition) is 1. The van der Waals surface area contributed by atoms with E-state index in [-0.39, 0.29) is 0 Å². The van der Waals surface area contributed by atoms with Gasteiger partial charge in [0.25, 0.3) is 0 Å². The van der Waals surface area contributed by atoms with E-state index in [0.29, 0.717) is 5.56 Å². The molecular weight excluding hydrogens is 286 g/mol. The number of hydrogen-bond donors (Lipinski definition) is 0. The zero-order valence-corrected chi connectivity index (χ0v) is 12.4. The van der Waals surface area contributed by atoms with Crippen molar-refractivity contribution < 1.29 is 8.78 Å². The molecule has 0 aliphatic rings. The molecule has 3 rings (SSSR count). The summed E-state index contributed by atoms with van der Waals surface area (Å²) in [5, 5.41) is 0. The van der Waals surface area contributed by atoms with Crippen LogP contribution in [0.5, 0.6) is 0 Å². The van der Waals surface area contributed by atoms with E-state index in [9.17, 15) is 8.78 Å². The first-order valence-corrected chi connectivity index (χ1v) is 7.53. The predicted octanol–water partition coefficient (Wildman–Crippen LogP) is 5.59. The maximum Gasteiger partial charge on any atom is 0.159 e. The molecule has 0 unspecified atom stereocenters. The summed E-state index contributed by atoms with van der Waals surface area (Å²) in [6.45, 7) is 2.07. The Bertz CT molecular complexity index is 757. The monoisotopic (exact) mass is 300 g/mol. The second-order valence-corrected chi connectivity index (χ2v) is 6.23. The molecule has 106 valence electrons. The maximum atomic E-state index is 13.3. The zero-order valence-electron chi connectivity index (χ0n) is 11.6. The molecule has 0 N–H and O–H groups in total. The number of benzene rings is 2. The molecule has 0 aliphatic heterocycles. The van der Waals surface area contributed by atoms with Gasteiger partial charge in [-0.3, -0.25) is 0 Å². The zero-order chi connectivity index (χ0) is 14.8. The van der Waals surface area contributed by atoms with Gasteiger partial charge >= 0.3 is 0 Å². The molecule has 3 heteroatoms. The number of thiophene rings is 1. The smallest absolute Gasteiger partial charge is 0.159 e. The minimum Gasteiger partial charge on any atom is -0.204 e. The fraction of sp³-hybridized carbons (Fsp3) is 0.111. The molecule has 0 amide bonds. The van der Waals surface area contributed by atoms with Crippen molar-refractivity contribution in [2.45, 2.75) is 13.3 Å². The normalized spacial score (nSPS) is 10.8. The summed E-state index contributed by atoms with van der Waals surface area (Å²) in [6.07, 6.45) is 0.856. The lowest BCUT2D eigenvalue weighted by Crippen LogP contribution is -1.84. The minimum atomic E-state index is -0.810. The first kappa shape index (κ1) is 14.0.